The molecule has 0 aromatic heterocycles. The summed E-state index contributed by atoms with van der Waals surface area (Å²) >= 11 is 0. The fraction of sp³-hybridized carbons (Fsp3) is 0.309. The second-order valence-electron chi connectivity index (χ2n) is 18.6. The molecule has 0 atom stereocenters. The smallest absolute Gasteiger partial charge is 0 e. The van der Waals surface area contributed by atoms with Crippen LogP contribution < -0.4 is 0 Å². The van der Waals surface area contributed by atoms with E-state index < -0.39 is 0 Å². The van der Waals surface area contributed by atoms with Gasteiger partial charge < -0.3 is 0 Å². The second-order valence-corrected chi connectivity index (χ2v) is 18.6. The Morgan fingerprint density at radius 2 is 0.839 bits per heavy atom. The monoisotopic (exact) mass is 906 g/mol. The summed E-state index contributed by atoms with van der Waals surface area (Å²) < 4.78 is 0. The summed E-state index contributed by atoms with van der Waals surface area (Å²) in [6.45, 7) is 43.6. The van der Waals surface area contributed by atoms with Crippen molar-refractivity contribution < 1.29 is 25.8 Å². The average Bonchev–Trinajstić information content (AvgIpc) is 3.08. The van der Waals surface area contributed by atoms with Gasteiger partial charge in [0.25, 0.3) is 0 Å². The molecule has 0 spiro atoms. The van der Waals surface area contributed by atoms with Crippen molar-refractivity contribution >= 4 is 12.2 Å². The van der Waals surface area contributed by atoms with E-state index >= 15 is 0 Å². The molecule has 5 aromatic rings. The Hall–Kier alpha value is -4.07. The topological polar surface area (TPSA) is 0 Å². The van der Waals surface area contributed by atoms with E-state index in [2.05, 4.69) is 184 Å². The van der Waals surface area contributed by atoms with Crippen LogP contribution in [0.3, 0.4) is 0 Å². The van der Waals surface area contributed by atoms with Crippen LogP contribution in [0.4, 0.5) is 0 Å². The predicted molar refractivity (Wildman–Crippen MR) is 243 cm³/mol. The molecule has 0 aliphatic carbocycles. The van der Waals surface area contributed by atoms with E-state index in [1.807, 2.05) is 60.7 Å². The third-order valence-electron chi connectivity index (χ3n) is 9.55. The van der Waals surface area contributed by atoms with Gasteiger partial charge in [0, 0.05) is 25.8 Å². The maximum atomic E-state index is 4.49. The number of hydrogen-bond acceptors (Lipinski definition) is 0. The number of hydrogen-bond donors (Lipinski definition) is 0. The molecule has 0 radical (unpaired) electrons. The Bertz CT molecular complexity index is 1980. The van der Waals surface area contributed by atoms with Gasteiger partial charge in [0.1, 0.15) is 0 Å². The van der Waals surface area contributed by atoms with Crippen LogP contribution in [0.15, 0.2) is 109 Å². The molecule has 296 valence electrons. The van der Waals surface area contributed by atoms with Gasteiger partial charge in [-0.1, -0.05) is 123 Å². The van der Waals surface area contributed by atoms with E-state index in [0.717, 1.165) is 38.9 Å². The van der Waals surface area contributed by atoms with E-state index in [1.165, 1.54) is 27.8 Å². The van der Waals surface area contributed by atoms with Crippen molar-refractivity contribution in [3.63, 3.8) is 0 Å². The Labute approximate surface area is 362 Å². The molecule has 1 heteroatoms. The normalized spacial score (nSPS) is 12.0. The summed E-state index contributed by atoms with van der Waals surface area (Å²) in [6, 6.07) is 37.5. The van der Waals surface area contributed by atoms with Gasteiger partial charge in [-0.2, -0.15) is 73.4 Å². The Morgan fingerprint density at radius 1 is 0.464 bits per heavy atom. The zero-order valence-electron chi connectivity index (χ0n) is 36.6. The summed E-state index contributed by atoms with van der Waals surface area (Å²) in [5, 5.41) is 0. The van der Waals surface area contributed by atoms with Crippen molar-refractivity contribution in [1.82, 2.24) is 0 Å². The largest absolute Gasteiger partial charge is 0.279 e. The van der Waals surface area contributed by atoms with Crippen molar-refractivity contribution in [2.75, 3.05) is 0 Å². The first-order valence-electron chi connectivity index (χ1n) is 19.5. The van der Waals surface area contributed by atoms with Gasteiger partial charge in [-0.3, -0.25) is 6.08 Å². The first kappa shape index (κ1) is 48.1. The van der Waals surface area contributed by atoms with Crippen molar-refractivity contribution in [3.8, 4) is 0 Å². The van der Waals surface area contributed by atoms with E-state index in [-0.39, 0.29) is 47.5 Å². The molecular weight excluding hydrogens is 839 g/mol. The first-order valence-corrected chi connectivity index (χ1v) is 19.5. The minimum Gasteiger partial charge on any atom is -0.279 e. The molecule has 0 fully saturated rings. The standard InChI is InChI=1S/C41H52.2C7H7.Hf/c1-28-32(24-34(38(3,4)5)26-36(28)40(9,10)11)21-17-20-30-18-15-16-19-31(30)22-23-33-25-35(39(6,7)8)27-37(29(33)2)41(12,13)14;2*1-7-5-3-2-4-6-7;/h15-16,18-19,21,23-27H,1-2,20H2,3-14H3;2*2-6H,1H2;/q-4;2*-1;. The summed E-state index contributed by atoms with van der Waals surface area (Å²) in [7, 11) is 0. The van der Waals surface area contributed by atoms with E-state index in [0.29, 0.717) is 6.42 Å². The molecule has 0 nitrogen and oxygen atoms in total. The maximum absolute atomic E-state index is 4.49. The van der Waals surface area contributed by atoms with Gasteiger partial charge in [0.2, 0.25) is 0 Å². The molecule has 0 saturated carbocycles. The van der Waals surface area contributed by atoms with Gasteiger partial charge in [0.05, 0.1) is 0 Å². The zero-order valence-corrected chi connectivity index (χ0v) is 40.2. The summed E-state index contributed by atoms with van der Waals surface area (Å²) in [5.74, 6) is 0. The van der Waals surface area contributed by atoms with Crippen LogP contribution in [0.25, 0.3) is 12.2 Å². The van der Waals surface area contributed by atoms with Crippen molar-refractivity contribution in [3.05, 3.63) is 216 Å². The van der Waals surface area contributed by atoms with Crippen molar-refractivity contribution in [1.29, 1.82) is 0 Å². The molecule has 0 heterocycles. The fourth-order valence-corrected chi connectivity index (χ4v) is 6.05. The van der Waals surface area contributed by atoms with Crippen LogP contribution in [0.2, 0.25) is 0 Å². The SMILES string of the molecule is [CH2-]c1c(C=[C-]Cc2ccccc2[C-]=Cc2cc(C(C)(C)C)cc(C(C)(C)C)c2[CH2-])cc(C(C)(C)C)cc1C(C)(C)C.[CH2-]c1ccccc1.[CH2-]c1ccccc1.[Hf]. The fourth-order valence-electron chi connectivity index (χ4n) is 6.05. The minimum absolute atomic E-state index is 0. The number of benzene rings is 5. The summed E-state index contributed by atoms with van der Waals surface area (Å²) in [5.41, 5.74) is 14.3. The van der Waals surface area contributed by atoms with Gasteiger partial charge in [-0.05, 0) is 10.8 Å². The predicted octanol–water partition coefficient (Wildman–Crippen LogP) is 14.9. The zero-order chi connectivity index (χ0) is 41.2. The Balaban J connectivity index is 0.000000599. The second kappa shape index (κ2) is 20.4. The van der Waals surface area contributed by atoms with Crippen molar-refractivity contribution in [2.45, 2.75) is 111 Å². The molecule has 0 saturated heterocycles. The van der Waals surface area contributed by atoms with Crippen LogP contribution in [-0.2, 0) is 53.9 Å². The van der Waals surface area contributed by atoms with Crippen LogP contribution in [0.5, 0.6) is 0 Å². The molecule has 5 rings (SSSR count). The Morgan fingerprint density at radius 3 is 1.20 bits per heavy atom. The van der Waals surface area contributed by atoms with E-state index in [4.69, 9.17) is 0 Å². The van der Waals surface area contributed by atoms with E-state index in [9.17, 15) is 0 Å². The first-order chi connectivity index (χ1) is 25.5. The minimum atomic E-state index is 0. The van der Waals surface area contributed by atoms with Gasteiger partial charge >= 0.3 is 0 Å². The summed E-state index contributed by atoms with van der Waals surface area (Å²) in [4.78, 5) is 0. The van der Waals surface area contributed by atoms with E-state index in [1.54, 1.807) is 0 Å². The third-order valence-corrected chi connectivity index (χ3v) is 9.55. The molecule has 0 bridgehead atoms. The molecular formula is C55H66Hf-6. The molecule has 5 aromatic carbocycles. The quantitative estimate of drug-likeness (QED) is 0.0936. The number of allylic oxidation sites excluding steroid dienone is 1. The summed E-state index contributed by atoms with van der Waals surface area (Å²) in [6.07, 6.45) is 12.2. The van der Waals surface area contributed by atoms with Crippen molar-refractivity contribution in [2.24, 2.45) is 0 Å². The average molecular weight is 906 g/mol. The van der Waals surface area contributed by atoms with Gasteiger partial charge in [-0.25, -0.2) is 18.6 Å². The molecule has 0 unspecified atom stereocenters. The number of rotatable bonds is 5. The van der Waals surface area contributed by atoms with Crippen LogP contribution in [0, 0.1) is 39.8 Å². The van der Waals surface area contributed by atoms with Crippen LogP contribution in [-0.4, -0.2) is 0 Å². The van der Waals surface area contributed by atoms with Crippen LogP contribution in [0.1, 0.15) is 150 Å². The molecule has 0 aliphatic heterocycles. The Kier molecular flexibility index (Phi) is 17.5. The van der Waals surface area contributed by atoms with Gasteiger partial charge in [0.15, 0.2) is 0 Å². The third kappa shape index (κ3) is 14.8. The van der Waals surface area contributed by atoms with Gasteiger partial charge in [-0.15, -0.1) is 107 Å². The molecule has 56 heavy (non-hydrogen) atoms. The maximum Gasteiger partial charge on any atom is 0 e. The molecule has 0 aliphatic rings. The molecule has 0 N–H and O–H groups in total. The molecule has 0 amide bonds. The van der Waals surface area contributed by atoms with Crippen LogP contribution >= 0.6 is 0 Å².